The standard InChI is InChI=1S/C16H22N2/c1-4-6-7-15-10-14(5-2)8-9-16(15)18-12-17-11-13(18)3/h8-12H,4-7H2,1-3H3. The molecule has 0 aliphatic carbocycles. The Morgan fingerprint density at radius 1 is 1.22 bits per heavy atom. The van der Waals surface area contributed by atoms with Crippen molar-refractivity contribution in [1.82, 2.24) is 9.55 Å². The summed E-state index contributed by atoms with van der Waals surface area (Å²) in [6.45, 7) is 6.55. The van der Waals surface area contributed by atoms with Gasteiger partial charge in [-0.2, -0.15) is 0 Å². The van der Waals surface area contributed by atoms with Crippen molar-refractivity contribution in [3.63, 3.8) is 0 Å². The Kier molecular flexibility index (Phi) is 4.19. The maximum atomic E-state index is 4.23. The first-order valence-corrected chi connectivity index (χ1v) is 6.87. The second kappa shape index (κ2) is 5.85. The highest BCUT2D eigenvalue weighted by atomic mass is 15.0. The second-order valence-corrected chi connectivity index (χ2v) is 4.83. The van der Waals surface area contributed by atoms with Crippen LogP contribution in [0.4, 0.5) is 0 Å². The van der Waals surface area contributed by atoms with Crippen LogP contribution in [0.15, 0.2) is 30.7 Å². The number of rotatable bonds is 5. The van der Waals surface area contributed by atoms with Crippen molar-refractivity contribution in [2.24, 2.45) is 0 Å². The zero-order valence-corrected chi connectivity index (χ0v) is 11.6. The first-order chi connectivity index (χ1) is 8.76. The van der Waals surface area contributed by atoms with Gasteiger partial charge in [-0.1, -0.05) is 32.4 Å². The number of hydrogen-bond donors (Lipinski definition) is 0. The van der Waals surface area contributed by atoms with E-state index in [1.165, 1.54) is 35.3 Å². The van der Waals surface area contributed by atoms with Gasteiger partial charge in [-0.25, -0.2) is 4.98 Å². The smallest absolute Gasteiger partial charge is 0.0994 e. The Labute approximate surface area is 110 Å². The molecule has 1 aromatic carbocycles. The molecule has 0 aliphatic heterocycles. The van der Waals surface area contributed by atoms with Crippen molar-refractivity contribution in [3.8, 4) is 5.69 Å². The average Bonchev–Trinajstić information content (AvgIpc) is 2.82. The van der Waals surface area contributed by atoms with E-state index in [-0.39, 0.29) is 0 Å². The number of imidazole rings is 1. The van der Waals surface area contributed by atoms with E-state index in [0.717, 1.165) is 12.8 Å². The van der Waals surface area contributed by atoms with Crippen molar-refractivity contribution in [2.75, 3.05) is 0 Å². The molecule has 0 bridgehead atoms. The highest BCUT2D eigenvalue weighted by Crippen LogP contribution is 2.20. The fourth-order valence-corrected chi connectivity index (χ4v) is 2.27. The van der Waals surface area contributed by atoms with Crippen LogP contribution in [0, 0.1) is 6.92 Å². The Bertz CT molecular complexity index is 512. The third-order valence-corrected chi connectivity index (χ3v) is 3.43. The SMILES string of the molecule is CCCCc1cc(CC)ccc1-n1cncc1C. The molecule has 18 heavy (non-hydrogen) atoms. The van der Waals surface area contributed by atoms with Crippen LogP contribution in [0.2, 0.25) is 0 Å². The summed E-state index contributed by atoms with van der Waals surface area (Å²) in [4.78, 5) is 4.23. The van der Waals surface area contributed by atoms with Crippen molar-refractivity contribution in [2.45, 2.75) is 46.5 Å². The van der Waals surface area contributed by atoms with E-state index in [2.05, 4.69) is 48.5 Å². The quantitative estimate of drug-likeness (QED) is 0.772. The molecule has 0 unspecified atom stereocenters. The van der Waals surface area contributed by atoms with Crippen LogP contribution >= 0.6 is 0 Å². The third-order valence-electron chi connectivity index (χ3n) is 3.43. The summed E-state index contributed by atoms with van der Waals surface area (Å²) >= 11 is 0. The van der Waals surface area contributed by atoms with Gasteiger partial charge in [0, 0.05) is 17.6 Å². The van der Waals surface area contributed by atoms with Gasteiger partial charge in [-0.3, -0.25) is 0 Å². The molecule has 0 fully saturated rings. The lowest BCUT2D eigenvalue weighted by atomic mass is 10.0. The molecule has 1 heterocycles. The molecule has 2 heteroatoms. The first-order valence-electron chi connectivity index (χ1n) is 6.87. The highest BCUT2D eigenvalue weighted by molar-refractivity contribution is 5.44. The molecule has 0 N–H and O–H groups in total. The Balaban J connectivity index is 2.42. The number of unbranched alkanes of at least 4 members (excludes halogenated alkanes) is 1. The molecule has 0 aliphatic rings. The molecule has 0 atom stereocenters. The van der Waals surface area contributed by atoms with Crippen LogP contribution in [-0.2, 0) is 12.8 Å². The highest BCUT2D eigenvalue weighted by Gasteiger charge is 2.07. The van der Waals surface area contributed by atoms with Gasteiger partial charge in [-0.05, 0) is 43.4 Å². The topological polar surface area (TPSA) is 17.8 Å². The van der Waals surface area contributed by atoms with Crippen LogP contribution < -0.4 is 0 Å². The Morgan fingerprint density at radius 2 is 2.06 bits per heavy atom. The van der Waals surface area contributed by atoms with Crippen LogP contribution in [-0.4, -0.2) is 9.55 Å². The van der Waals surface area contributed by atoms with E-state index in [1.54, 1.807) is 0 Å². The van der Waals surface area contributed by atoms with Gasteiger partial charge >= 0.3 is 0 Å². The number of nitrogens with zero attached hydrogens (tertiary/aromatic N) is 2. The normalized spacial score (nSPS) is 10.8. The van der Waals surface area contributed by atoms with Crippen LogP contribution in [0.5, 0.6) is 0 Å². The van der Waals surface area contributed by atoms with Gasteiger partial charge < -0.3 is 4.57 Å². The van der Waals surface area contributed by atoms with Gasteiger partial charge in [0.15, 0.2) is 0 Å². The van der Waals surface area contributed by atoms with E-state index < -0.39 is 0 Å². The molecule has 0 amide bonds. The molecule has 0 spiro atoms. The van der Waals surface area contributed by atoms with Crippen molar-refractivity contribution in [1.29, 1.82) is 0 Å². The first kappa shape index (κ1) is 12.9. The monoisotopic (exact) mass is 242 g/mol. The van der Waals surface area contributed by atoms with E-state index in [4.69, 9.17) is 0 Å². The zero-order chi connectivity index (χ0) is 13.0. The maximum absolute atomic E-state index is 4.23. The summed E-state index contributed by atoms with van der Waals surface area (Å²) in [5.74, 6) is 0. The molecule has 0 radical (unpaired) electrons. The second-order valence-electron chi connectivity index (χ2n) is 4.83. The van der Waals surface area contributed by atoms with Crippen LogP contribution in [0.3, 0.4) is 0 Å². The Morgan fingerprint density at radius 3 is 2.67 bits per heavy atom. The molecular weight excluding hydrogens is 220 g/mol. The van der Waals surface area contributed by atoms with Gasteiger partial charge in [0.05, 0.1) is 6.33 Å². The van der Waals surface area contributed by atoms with E-state index in [1.807, 2.05) is 12.5 Å². The number of aromatic nitrogens is 2. The molecule has 2 aromatic rings. The maximum Gasteiger partial charge on any atom is 0.0994 e. The van der Waals surface area contributed by atoms with Crippen LogP contribution in [0.25, 0.3) is 5.69 Å². The summed E-state index contributed by atoms with van der Waals surface area (Å²) in [5, 5.41) is 0. The molecule has 2 nitrogen and oxygen atoms in total. The molecule has 0 saturated carbocycles. The Hall–Kier alpha value is -1.57. The van der Waals surface area contributed by atoms with Gasteiger partial charge in [0.25, 0.3) is 0 Å². The molecule has 96 valence electrons. The van der Waals surface area contributed by atoms with Gasteiger partial charge in [-0.15, -0.1) is 0 Å². The third kappa shape index (κ3) is 2.63. The summed E-state index contributed by atoms with van der Waals surface area (Å²) < 4.78 is 2.18. The fourth-order valence-electron chi connectivity index (χ4n) is 2.27. The summed E-state index contributed by atoms with van der Waals surface area (Å²) in [6, 6.07) is 6.81. The molecular formula is C16H22N2. The van der Waals surface area contributed by atoms with Gasteiger partial charge in [0.1, 0.15) is 0 Å². The van der Waals surface area contributed by atoms with Crippen LogP contribution in [0.1, 0.15) is 43.5 Å². The van der Waals surface area contributed by atoms with Crippen molar-refractivity contribution < 1.29 is 0 Å². The number of benzene rings is 1. The van der Waals surface area contributed by atoms with Crippen molar-refractivity contribution in [3.05, 3.63) is 47.5 Å². The molecule has 0 saturated heterocycles. The summed E-state index contributed by atoms with van der Waals surface area (Å²) in [5.41, 5.74) is 5.34. The van der Waals surface area contributed by atoms with Crippen molar-refractivity contribution >= 4 is 0 Å². The van der Waals surface area contributed by atoms with E-state index in [9.17, 15) is 0 Å². The largest absolute Gasteiger partial charge is 0.303 e. The average molecular weight is 242 g/mol. The van der Waals surface area contributed by atoms with Gasteiger partial charge in [0.2, 0.25) is 0 Å². The zero-order valence-electron chi connectivity index (χ0n) is 11.6. The lowest BCUT2D eigenvalue weighted by molar-refractivity contribution is 0.785. The minimum absolute atomic E-state index is 1.10. The lowest BCUT2D eigenvalue weighted by Crippen LogP contribution is -2.01. The minimum Gasteiger partial charge on any atom is -0.303 e. The number of hydrogen-bond acceptors (Lipinski definition) is 1. The summed E-state index contributed by atoms with van der Waals surface area (Å²) in [7, 11) is 0. The predicted molar refractivity (Wildman–Crippen MR) is 76.3 cm³/mol. The fraction of sp³-hybridized carbons (Fsp3) is 0.438. The molecule has 2 rings (SSSR count). The minimum atomic E-state index is 1.10. The summed E-state index contributed by atoms with van der Waals surface area (Å²) in [6.07, 6.45) is 8.55. The lowest BCUT2D eigenvalue weighted by Gasteiger charge is -2.13. The van der Waals surface area contributed by atoms with E-state index >= 15 is 0 Å². The predicted octanol–water partition coefficient (Wildman–Crippen LogP) is 4.09. The van der Waals surface area contributed by atoms with E-state index in [0.29, 0.717) is 0 Å². The molecule has 1 aromatic heterocycles. The number of aryl methyl sites for hydroxylation is 3.